The molecule has 2 N–H and O–H groups in total. The molecule has 1 saturated carbocycles. The normalized spacial score (nSPS) is 22.2. The fraction of sp³-hybridized carbons (Fsp3) is 0.733. The van der Waals surface area contributed by atoms with Crippen LogP contribution in [0, 0.1) is 0 Å². The molecule has 0 bridgehead atoms. The molecule has 0 spiro atoms. The summed E-state index contributed by atoms with van der Waals surface area (Å²) in [6.45, 7) is 1.58. The third-order valence-corrected chi connectivity index (χ3v) is 5.28. The van der Waals surface area contributed by atoms with E-state index in [1.807, 2.05) is 22.0 Å². The van der Waals surface area contributed by atoms with Crippen LogP contribution in [0.3, 0.4) is 0 Å². The molecule has 0 unspecified atom stereocenters. The predicted octanol–water partition coefficient (Wildman–Crippen LogP) is 2.89. The van der Waals surface area contributed by atoms with Gasteiger partial charge >= 0.3 is 0 Å². The van der Waals surface area contributed by atoms with Crippen LogP contribution >= 0.6 is 28.3 Å². The lowest BCUT2D eigenvalue weighted by atomic mass is 9.81. The molecule has 2 fully saturated rings. The van der Waals surface area contributed by atoms with Gasteiger partial charge in [-0.25, -0.2) is 0 Å². The van der Waals surface area contributed by atoms with E-state index in [4.69, 9.17) is 5.73 Å². The van der Waals surface area contributed by atoms with Crippen LogP contribution in [0.5, 0.6) is 0 Å². The van der Waals surface area contributed by atoms with Crippen molar-refractivity contribution in [1.82, 2.24) is 14.7 Å². The minimum absolute atomic E-state index is 0. The van der Waals surface area contributed by atoms with E-state index in [0.29, 0.717) is 6.04 Å². The van der Waals surface area contributed by atoms with Crippen LogP contribution in [0.25, 0.3) is 0 Å². The molecule has 1 saturated heterocycles. The smallest absolute Gasteiger partial charge is 0.242 e. The molecule has 1 aromatic rings. The number of rotatable bonds is 2. The maximum atomic E-state index is 12.7. The number of hydrogen-bond donors (Lipinski definition) is 1. The Kier molecular flexibility index (Phi) is 5.91. The number of aromatic nitrogens is 2. The van der Waals surface area contributed by atoms with Gasteiger partial charge in [0.1, 0.15) is 0 Å². The van der Waals surface area contributed by atoms with Crippen molar-refractivity contribution in [3.05, 3.63) is 16.9 Å². The lowest BCUT2D eigenvalue weighted by molar-refractivity contribution is -0.139. The van der Waals surface area contributed by atoms with Crippen molar-refractivity contribution in [3.8, 4) is 0 Å². The molecule has 1 amide bonds. The quantitative estimate of drug-likeness (QED) is 0.843. The van der Waals surface area contributed by atoms with Crippen LogP contribution in [-0.4, -0.2) is 39.2 Å². The highest BCUT2D eigenvalue weighted by atomic mass is 79.9. The van der Waals surface area contributed by atoms with Crippen LogP contribution in [0.1, 0.15) is 51.0 Å². The van der Waals surface area contributed by atoms with E-state index in [9.17, 15) is 4.79 Å². The minimum atomic E-state index is -0.597. The summed E-state index contributed by atoms with van der Waals surface area (Å²) in [7, 11) is 0. The summed E-state index contributed by atoms with van der Waals surface area (Å²) in [5.41, 5.74) is 5.77. The molecule has 0 aromatic carbocycles. The molecular weight excluding hydrogens is 368 g/mol. The number of nitrogens with zero attached hydrogens (tertiary/aromatic N) is 3. The highest BCUT2D eigenvalue weighted by Crippen LogP contribution is 2.30. The number of carbonyl (C=O) groups excluding carboxylic acids is 1. The van der Waals surface area contributed by atoms with Gasteiger partial charge in [0.25, 0.3) is 0 Å². The molecule has 1 aromatic heterocycles. The predicted molar refractivity (Wildman–Crippen MR) is 92.0 cm³/mol. The van der Waals surface area contributed by atoms with E-state index in [1.54, 1.807) is 0 Å². The summed E-state index contributed by atoms with van der Waals surface area (Å²) in [6, 6.07) is 0.389. The van der Waals surface area contributed by atoms with Crippen LogP contribution in [0.4, 0.5) is 0 Å². The first-order valence-electron chi connectivity index (χ1n) is 7.86. The molecule has 5 nitrogen and oxygen atoms in total. The second-order valence-corrected chi connectivity index (χ2v) is 7.29. The van der Waals surface area contributed by atoms with E-state index < -0.39 is 5.54 Å². The monoisotopic (exact) mass is 390 g/mol. The Balaban J connectivity index is 0.00000176. The topological polar surface area (TPSA) is 64.2 Å². The molecular formula is C15H24BrClN4O. The summed E-state index contributed by atoms with van der Waals surface area (Å²) in [5.74, 6) is 0.169. The van der Waals surface area contributed by atoms with Crippen LogP contribution in [0.2, 0.25) is 0 Å². The van der Waals surface area contributed by atoms with E-state index >= 15 is 0 Å². The zero-order chi connectivity index (χ0) is 14.9. The molecule has 2 aliphatic rings. The number of piperidine rings is 1. The average Bonchev–Trinajstić information content (AvgIpc) is 2.94. The van der Waals surface area contributed by atoms with Crippen molar-refractivity contribution < 1.29 is 4.79 Å². The number of nitrogens with two attached hydrogens (primary N) is 1. The van der Waals surface area contributed by atoms with E-state index in [-0.39, 0.29) is 18.3 Å². The number of likely N-dealkylation sites (tertiary alicyclic amines) is 1. The van der Waals surface area contributed by atoms with Crippen molar-refractivity contribution >= 4 is 34.2 Å². The van der Waals surface area contributed by atoms with Crippen molar-refractivity contribution in [2.45, 2.75) is 56.5 Å². The SMILES string of the molecule is Cl.NC1(C(=O)N2CCC(n3cc(Br)cn3)CC2)CCCCC1. The highest BCUT2D eigenvalue weighted by Gasteiger charge is 2.39. The number of hydrogen-bond acceptors (Lipinski definition) is 3. The first-order valence-corrected chi connectivity index (χ1v) is 8.66. The lowest BCUT2D eigenvalue weighted by Gasteiger charge is -2.40. The lowest BCUT2D eigenvalue weighted by Crippen LogP contribution is -2.57. The van der Waals surface area contributed by atoms with Gasteiger partial charge in [-0.2, -0.15) is 5.10 Å². The van der Waals surface area contributed by atoms with Crippen LogP contribution in [-0.2, 0) is 4.79 Å². The van der Waals surface area contributed by atoms with Gasteiger partial charge in [0.05, 0.1) is 22.3 Å². The summed E-state index contributed by atoms with van der Waals surface area (Å²) in [6.07, 6.45) is 10.8. The van der Waals surface area contributed by atoms with Crippen molar-refractivity contribution in [1.29, 1.82) is 0 Å². The third-order valence-electron chi connectivity index (χ3n) is 4.87. The maximum Gasteiger partial charge on any atom is 0.242 e. The van der Waals surface area contributed by atoms with Gasteiger partial charge in [-0.15, -0.1) is 12.4 Å². The van der Waals surface area contributed by atoms with E-state index in [1.165, 1.54) is 6.42 Å². The summed E-state index contributed by atoms with van der Waals surface area (Å²) >= 11 is 3.43. The van der Waals surface area contributed by atoms with E-state index in [2.05, 4.69) is 21.0 Å². The third kappa shape index (κ3) is 3.66. The maximum absolute atomic E-state index is 12.7. The Morgan fingerprint density at radius 2 is 1.91 bits per heavy atom. The fourth-order valence-corrected chi connectivity index (χ4v) is 3.86. The van der Waals surface area contributed by atoms with Crippen LogP contribution in [0.15, 0.2) is 16.9 Å². The van der Waals surface area contributed by atoms with Gasteiger partial charge in [-0.1, -0.05) is 19.3 Å². The molecule has 2 heterocycles. The van der Waals surface area contributed by atoms with Crippen molar-refractivity contribution in [2.24, 2.45) is 5.73 Å². The highest BCUT2D eigenvalue weighted by molar-refractivity contribution is 9.10. The molecule has 1 aliphatic heterocycles. The van der Waals surface area contributed by atoms with E-state index in [0.717, 1.165) is 56.1 Å². The second-order valence-electron chi connectivity index (χ2n) is 6.38. The Hall–Kier alpha value is -0.590. The number of halogens is 2. The molecule has 3 rings (SSSR count). The number of amides is 1. The van der Waals surface area contributed by atoms with Gasteiger partial charge in [-0.05, 0) is 41.6 Å². The zero-order valence-electron chi connectivity index (χ0n) is 12.7. The first kappa shape index (κ1) is 17.8. The van der Waals surface area contributed by atoms with Crippen LogP contribution < -0.4 is 5.73 Å². The number of carbonyl (C=O) groups is 1. The molecule has 1 aliphatic carbocycles. The standard InChI is InChI=1S/C15H23BrN4O.ClH/c16-12-10-18-20(11-12)13-4-8-19(9-5-13)14(21)15(17)6-2-1-3-7-15;/h10-11,13H,1-9,17H2;1H. The molecule has 124 valence electrons. The summed E-state index contributed by atoms with van der Waals surface area (Å²) in [4.78, 5) is 14.7. The van der Waals surface area contributed by atoms with Gasteiger partial charge < -0.3 is 10.6 Å². The average molecular weight is 392 g/mol. The Morgan fingerprint density at radius 3 is 2.45 bits per heavy atom. The Bertz CT molecular complexity index is 507. The molecule has 0 atom stereocenters. The van der Waals surface area contributed by atoms with Gasteiger partial charge in [0, 0.05) is 19.3 Å². The second kappa shape index (κ2) is 7.32. The first-order chi connectivity index (χ1) is 10.1. The molecule has 0 radical (unpaired) electrons. The summed E-state index contributed by atoms with van der Waals surface area (Å²) in [5, 5.41) is 4.35. The van der Waals surface area contributed by atoms with Gasteiger partial charge in [0.15, 0.2) is 0 Å². The summed E-state index contributed by atoms with van der Waals surface area (Å²) < 4.78 is 3.01. The van der Waals surface area contributed by atoms with Crippen molar-refractivity contribution in [2.75, 3.05) is 13.1 Å². The minimum Gasteiger partial charge on any atom is -0.341 e. The fourth-order valence-electron chi connectivity index (χ4n) is 3.56. The molecule has 7 heteroatoms. The van der Waals surface area contributed by atoms with Gasteiger partial charge in [-0.3, -0.25) is 9.48 Å². The Morgan fingerprint density at radius 1 is 1.27 bits per heavy atom. The van der Waals surface area contributed by atoms with Gasteiger partial charge in [0.2, 0.25) is 5.91 Å². The van der Waals surface area contributed by atoms with Crippen molar-refractivity contribution in [3.63, 3.8) is 0 Å². The Labute approximate surface area is 146 Å². The largest absolute Gasteiger partial charge is 0.341 e. The molecule has 22 heavy (non-hydrogen) atoms. The zero-order valence-corrected chi connectivity index (χ0v) is 15.1.